The van der Waals surface area contributed by atoms with E-state index in [0.717, 1.165) is 57.5 Å². The van der Waals surface area contributed by atoms with E-state index in [1.54, 1.807) is 0 Å². The Morgan fingerprint density at radius 2 is 1.69 bits per heavy atom. The maximum atomic E-state index is 12.0. The van der Waals surface area contributed by atoms with Crippen molar-refractivity contribution in [2.75, 3.05) is 50.0 Å². The van der Waals surface area contributed by atoms with Gasteiger partial charge in [0.1, 0.15) is 0 Å². The molecule has 1 saturated heterocycles. The zero-order valence-corrected chi connectivity index (χ0v) is 15.5. The zero-order chi connectivity index (χ0) is 18.4. The van der Waals surface area contributed by atoms with Crippen LogP contribution in [0.3, 0.4) is 0 Å². The first-order valence-electron chi connectivity index (χ1n) is 9.48. The molecule has 7 nitrogen and oxygen atoms in total. The molecule has 142 valence electrons. The molecule has 1 heterocycles. The molecule has 1 aromatic carbocycles. The van der Waals surface area contributed by atoms with Crippen molar-refractivity contribution >= 4 is 23.3 Å². The smallest absolute Gasteiger partial charge is 0.315 e. The molecule has 0 bridgehead atoms. The van der Waals surface area contributed by atoms with Gasteiger partial charge in [0.25, 0.3) is 0 Å². The highest BCUT2D eigenvalue weighted by atomic mass is 16.2. The molecule has 0 atom stereocenters. The van der Waals surface area contributed by atoms with Gasteiger partial charge in [-0.2, -0.15) is 0 Å². The largest absolute Gasteiger partial charge is 0.369 e. The first-order chi connectivity index (χ1) is 12.6. The Morgan fingerprint density at radius 3 is 2.35 bits per heavy atom. The highest BCUT2D eigenvalue weighted by molar-refractivity contribution is 5.94. The summed E-state index contributed by atoms with van der Waals surface area (Å²) in [7, 11) is 2.14. The van der Waals surface area contributed by atoms with Gasteiger partial charge in [0.05, 0.1) is 6.54 Å². The monoisotopic (exact) mass is 359 g/mol. The number of urea groups is 1. The van der Waals surface area contributed by atoms with Gasteiger partial charge in [0, 0.05) is 43.6 Å². The van der Waals surface area contributed by atoms with Crippen molar-refractivity contribution in [2.24, 2.45) is 0 Å². The first-order valence-corrected chi connectivity index (χ1v) is 9.48. The second-order valence-corrected chi connectivity index (χ2v) is 7.19. The van der Waals surface area contributed by atoms with Crippen LogP contribution >= 0.6 is 0 Å². The van der Waals surface area contributed by atoms with E-state index in [4.69, 9.17) is 0 Å². The number of carbonyl (C=O) groups is 2. The minimum absolute atomic E-state index is 0.0290. The molecule has 26 heavy (non-hydrogen) atoms. The fourth-order valence-corrected chi connectivity index (χ4v) is 3.49. The number of nitrogens with zero attached hydrogens (tertiary/aromatic N) is 2. The number of amides is 3. The Morgan fingerprint density at radius 1 is 1.04 bits per heavy atom. The summed E-state index contributed by atoms with van der Waals surface area (Å²) >= 11 is 0. The predicted molar refractivity (Wildman–Crippen MR) is 104 cm³/mol. The Kier molecular flexibility index (Phi) is 6.33. The third kappa shape index (κ3) is 5.36. The van der Waals surface area contributed by atoms with Crippen LogP contribution < -0.4 is 20.9 Å². The predicted octanol–water partition coefficient (Wildman–Crippen LogP) is 1.62. The van der Waals surface area contributed by atoms with Gasteiger partial charge in [-0.05, 0) is 44.2 Å². The number of benzene rings is 1. The Labute approximate surface area is 155 Å². The number of likely N-dealkylation sites (N-methyl/N-ethyl adjacent to an activating group) is 1. The van der Waals surface area contributed by atoms with E-state index >= 15 is 0 Å². The quantitative estimate of drug-likeness (QED) is 0.747. The van der Waals surface area contributed by atoms with E-state index in [0.29, 0.717) is 0 Å². The second-order valence-electron chi connectivity index (χ2n) is 7.19. The van der Waals surface area contributed by atoms with Crippen LogP contribution in [0.5, 0.6) is 0 Å². The van der Waals surface area contributed by atoms with Gasteiger partial charge in [-0.1, -0.05) is 12.8 Å². The summed E-state index contributed by atoms with van der Waals surface area (Å²) in [5, 5.41) is 8.35. The SMILES string of the molecule is CN1CCN(c2ccc(NC(=O)CNC(=O)NC3CCCC3)cc2)CC1. The van der Waals surface area contributed by atoms with E-state index in [-0.39, 0.29) is 24.5 Å². The minimum Gasteiger partial charge on any atom is -0.369 e. The van der Waals surface area contributed by atoms with Crippen molar-refractivity contribution < 1.29 is 9.59 Å². The third-order valence-corrected chi connectivity index (χ3v) is 5.12. The number of carbonyl (C=O) groups excluding carboxylic acids is 2. The van der Waals surface area contributed by atoms with Gasteiger partial charge in [0.2, 0.25) is 5.91 Å². The zero-order valence-electron chi connectivity index (χ0n) is 15.5. The van der Waals surface area contributed by atoms with Crippen LogP contribution in [-0.2, 0) is 4.79 Å². The molecule has 0 aromatic heterocycles. The number of piperazine rings is 1. The van der Waals surface area contributed by atoms with Crippen molar-refractivity contribution in [3.05, 3.63) is 24.3 Å². The molecule has 0 unspecified atom stereocenters. The van der Waals surface area contributed by atoms with Crippen molar-refractivity contribution in [2.45, 2.75) is 31.7 Å². The van der Waals surface area contributed by atoms with Crippen molar-refractivity contribution in [3.63, 3.8) is 0 Å². The molecule has 1 aliphatic carbocycles. The molecule has 2 fully saturated rings. The lowest BCUT2D eigenvalue weighted by atomic mass is 10.2. The molecule has 3 rings (SSSR count). The minimum atomic E-state index is -0.266. The van der Waals surface area contributed by atoms with Crippen molar-refractivity contribution in [3.8, 4) is 0 Å². The van der Waals surface area contributed by atoms with Crippen LogP contribution in [0.2, 0.25) is 0 Å². The van der Waals surface area contributed by atoms with E-state index in [9.17, 15) is 9.59 Å². The highest BCUT2D eigenvalue weighted by Gasteiger charge is 2.17. The number of nitrogens with one attached hydrogen (secondary N) is 3. The Bertz CT molecular complexity index is 605. The standard InChI is InChI=1S/C19H29N5O2/c1-23-10-12-24(13-11-23)17-8-6-16(7-9-17)21-18(25)14-20-19(26)22-15-4-2-3-5-15/h6-9,15H,2-5,10-14H2,1H3,(H,21,25)(H2,20,22,26). The number of anilines is 2. The Balaban J connectivity index is 1.40. The van der Waals surface area contributed by atoms with E-state index in [1.807, 2.05) is 24.3 Å². The normalized spacial score (nSPS) is 18.6. The van der Waals surface area contributed by atoms with Crippen LogP contribution in [0, 0.1) is 0 Å². The van der Waals surface area contributed by atoms with Crippen LogP contribution in [-0.4, -0.2) is 62.7 Å². The van der Waals surface area contributed by atoms with Gasteiger partial charge >= 0.3 is 6.03 Å². The van der Waals surface area contributed by atoms with Crippen LogP contribution in [0.25, 0.3) is 0 Å². The molecule has 2 aliphatic rings. The second kappa shape index (κ2) is 8.89. The number of rotatable bonds is 5. The molecule has 1 saturated carbocycles. The first kappa shape index (κ1) is 18.5. The summed E-state index contributed by atoms with van der Waals surface area (Å²) in [5.41, 5.74) is 1.91. The average Bonchev–Trinajstić information content (AvgIpc) is 3.14. The molecule has 0 radical (unpaired) electrons. The molecule has 1 aliphatic heterocycles. The van der Waals surface area contributed by atoms with Crippen molar-refractivity contribution in [1.29, 1.82) is 0 Å². The summed E-state index contributed by atoms with van der Waals surface area (Å²) in [5.74, 6) is -0.223. The average molecular weight is 359 g/mol. The fraction of sp³-hybridized carbons (Fsp3) is 0.579. The molecule has 7 heteroatoms. The lowest BCUT2D eigenvalue weighted by molar-refractivity contribution is -0.115. The van der Waals surface area contributed by atoms with Gasteiger partial charge in [-0.3, -0.25) is 4.79 Å². The molecular weight excluding hydrogens is 330 g/mol. The molecule has 3 amide bonds. The lowest BCUT2D eigenvalue weighted by Crippen LogP contribution is -2.44. The topological polar surface area (TPSA) is 76.7 Å². The van der Waals surface area contributed by atoms with Crippen molar-refractivity contribution in [1.82, 2.24) is 15.5 Å². The van der Waals surface area contributed by atoms with Crippen LogP contribution in [0.15, 0.2) is 24.3 Å². The van der Waals surface area contributed by atoms with E-state index in [2.05, 4.69) is 32.8 Å². The summed E-state index contributed by atoms with van der Waals surface area (Å²) in [4.78, 5) is 28.5. The number of hydrogen-bond donors (Lipinski definition) is 3. The fourth-order valence-electron chi connectivity index (χ4n) is 3.49. The molecule has 3 N–H and O–H groups in total. The summed E-state index contributed by atoms with van der Waals surface area (Å²) < 4.78 is 0. The maximum absolute atomic E-state index is 12.0. The molecule has 1 aromatic rings. The lowest BCUT2D eigenvalue weighted by Gasteiger charge is -2.34. The number of hydrogen-bond acceptors (Lipinski definition) is 4. The van der Waals surface area contributed by atoms with Crippen LogP contribution in [0.4, 0.5) is 16.2 Å². The maximum Gasteiger partial charge on any atom is 0.315 e. The Hall–Kier alpha value is -2.28. The van der Waals surface area contributed by atoms with E-state index < -0.39 is 0 Å². The van der Waals surface area contributed by atoms with E-state index in [1.165, 1.54) is 5.69 Å². The molecule has 0 spiro atoms. The van der Waals surface area contributed by atoms with Gasteiger partial charge < -0.3 is 25.8 Å². The summed E-state index contributed by atoms with van der Waals surface area (Å²) in [6, 6.07) is 7.86. The summed E-state index contributed by atoms with van der Waals surface area (Å²) in [6.45, 7) is 4.13. The molecular formula is C19H29N5O2. The highest BCUT2D eigenvalue weighted by Crippen LogP contribution is 2.19. The van der Waals surface area contributed by atoms with Gasteiger partial charge in [-0.15, -0.1) is 0 Å². The third-order valence-electron chi connectivity index (χ3n) is 5.12. The van der Waals surface area contributed by atoms with Gasteiger partial charge in [-0.25, -0.2) is 4.79 Å². The summed E-state index contributed by atoms with van der Waals surface area (Å²) in [6.07, 6.45) is 4.38. The van der Waals surface area contributed by atoms with Crippen LogP contribution in [0.1, 0.15) is 25.7 Å². The van der Waals surface area contributed by atoms with Gasteiger partial charge in [0.15, 0.2) is 0 Å².